The van der Waals surface area contributed by atoms with E-state index in [0.717, 1.165) is 44.6 Å². The summed E-state index contributed by atoms with van der Waals surface area (Å²) >= 11 is 0. The van der Waals surface area contributed by atoms with Gasteiger partial charge in [-0.3, -0.25) is 9.69 Å². The van der Waals surface area contributed by atoms with Crippen molar-refractivity contribution in [2.24, 2.45) is 5.92 Å². The first-order valence-electron chi connectivity index (χ1n) is 11.7. The molecule has 162 valence electrons. The second-order valence-electron chi connectivity index (χ2n) is 9.13. The molecule has 0 radical (unpaired) electrons. The van der Waals surface area contributed by atoms with Gasteiger partial charge in [0.1, 0.15) is 0 Å². The normalized spacial score (nSPS) is 17.4. The van der Waals surface area contributed by atoms with Crippen LogP contribution < -0.4 is 5.32 Å². The van der Waals surface area contributed by atoms with Crippen LogP contribution in [0.15, 0.2) is 72.8 Å². The Morgan fingerprint density at radius 1 is 0.968 bits per heavy atom. The lowest BCUT2D eigenvalue weighted by Gasteiger charge is -2.42. The maximum absolute atomic E-state index is 13.5. The zero-order valence-corrected chi connectivity index (χ0v) is 18.8. The van der Waals surface area contributed by atoms with Crippen molar-refractivity contribution >= 4 is 22.2 Å². The molecule has 31 heavy (non-hydrogen) atoms. The Balaban J connectivity index is 1.50. The molecule has 0 aromatic heterocycles. The molecular weight excluding hydrogens is 380 g/mol. The topological polar surface area (TPSA) is 32.3 Å². The molecule has 0 amide bonds. The summed E-state index contributed by atoms with van der Waals surface area (Å²) in [6.07, 6.45) is 3.39. The summed E-state index contributed by atoms with van der Waals surface area (Å²) in [6, 6.07) is 25.4. The van der Waals surface area contributed by atoms with E-state index in [-0.39, 0.29) is 0 Å². The number of anilines is 1. The monoisotopic (exact) mass is 414 g/mol. The van der Waals surface area contributed by atoms with Crippen LogP contribution in [0.3, 0.4) is 0 Å². The maximum atomic E-state index is 13.5. The molecule has 4 rings (SSSR count). The van der Waals surface area contributed by atoms with Crippen molar-refractivity contribution in [2.75, 3.05) is 18.4 Å². The van der Waals surface area contributed by atoms with Gasteiger partial charge >= 0.3 is 0 Å². The number of carbonyl (C=O) groups excluding carboxylic acids is 1. The Morgan fingerprint density at radius 2 is 1.65 bits per heavy atom. The molecule has 1 heterocycles. The molecule has 1 aliphatic rings. The molecule has 3 aromatic carbocycles. The molecule has 1 N–H and O–H groups in total. The lowest BCUT2D eigenvalue weighted by atomic mass is 9.79. The van der Waals surface area contributed by atoms with Crippen LogP contribution in [0, 0.1) is 5.92 Å². The van der Waals surface area contributed by atoms with Crippen molar-refractivity contribution in [3.63, 3.8) is 0 Å². The number of fused-ring (bicyclic) bond motifs is 1. The highest BCUT2D eigenvalue weighted by Crippen LogP contribution is 2.32. The third-order valence-electron chi connectivity index (χ3n) is 6.91. The number of Topliss-reactive ketones (excluding diaryl/α,β-unsaturated/α-hetero) is 1. The second-order valence-corrected chi connectivity index (χ2v) is 9.13. The molecule has 0 aliphatic carbocycles. The van der Waals surface area contributed by atoms with E-state index in [9.17, 15) is 4.79 Å². The highest BCUT2D eigenvalue weighted by atomic mass is 16.1. The smallest absolute Gasteiger partial charge is 0.158 e. The molecule has 1 saturated heterocycles. The Bertz CT molecular complexity index is 1000. The van der Waals surface area contributed by atoms with Gasteiger partial charge in [0.25, 0.3) is 0 Å². The minimum Gasteiger partial charge on any atom is -0.373 e. The summed E-state index contributed by atoms with van der Waals surface area (Å²) in [4.78, 5) is 16.0. The first-order valence-corrected chi connectivity index (χ1v) is 11.7. The molecule has 0 spiro atoms. The fraction of sp³-hybridized carbons (Fsp3) is 0.393. The van der Waals surface area contributed by atoms with Crippen LogP contribution >= 0.6 is 0 Å². The molecular formula is C28H34N2O. The average molecular weight is 415 g/mol. The first-order chi connectivity index (χ1) is 15.1. The molecule has 1 atom stereocenters. The van der Waals surface area contributed by atoms with E-state index in [1.807, 2.05) is 18.2 Å². The van der Waals surface area contributed by atoms with E-state index < -0.39 is 5.54 Å². The average Bonchev–Trinajstić information content (AvgIpc) is 2.81. The summed E-state index contributed by atoms with van der Waals surface area (Å²) in [6.45, 7) is 7.14. The number of hydrogen-bond acceptors (Lipinski definition) is 3. The lowest BCUT2D eigenvalue weighted by molar-refractivity contribution is -0.125. The van der Waals surface area contributed by atoms with Gasteiger partial charge in [0, 0.05) is 31.7 Å². The third-order valence-corrected chi connectivity index (χ3v) is 6.91. The van der Waals surface area contributed by atoms with Crippen molar-refractivity contribution in [1.82, 2.24) is 4.90 Å². The molecule has 0 unspecified atom stereocenters. The van der Waals surface area contributed by atoms with Gasteiger partial charge in [-0.2, -0.15) is 0 Å². The van der Waals surface area contributed by atoms with E-state index in [1.165, 1.54) is 16.3 Å². The molecule has 3 aromatic rings. The molecule has 3 heteroatoms. The minimum atomic E-state index is -0.458. The van der Waals surface area contributed by atoms with Gasteiger partial charge in [-0.15, -0.1) is 0 Å². The van der Waals surface area contributed by atoms with Gasteiger partial charge in [0.2, 0.25) is 0 Å². The molecule has 1 aliphatic heterocycles. The highest BCUT2D eigenvalue weighted by Gasteiger charge is 2.41. The predicted molar refractivity (Wildman–Crippen MR) is 130 cm³/mol. The number of nitrogens with zero attached hydrogens (tertiary/aromatic N) is 1. The van der Waals surface area contributed by atoms with Crippen LogP contribution in [-0.4, -0.2) is 29.3 Å². The van der Waals surface area contributed by atoms with Crippen molar-refractivity contribution in [3.05, 3.63) is 78.4 Å². The number of nitrogens with one attached hydrogen (secondary N) is 1. The fourth-order valence-electron chi connectivity index (χ4n) is 4.69. The van der Waals surface area contributed by atoms with E-state index in [2.05, 4.69) is 78.7 Å². The number of piperidine rings is 1. The predicted octanol–water partition coefficient (Wildman–Crippen LogP) is 6.29. The number of likely N-dealkylation sites (tertiary alicyclic amines) is 1. The van der Waals surface area contributed by atoms with Crippen LogP contribution in [0.2, 0.25) is 0 Å². The van der Waals surface area contributed by atoms with Crippen LogP contribution in [0.4, 0.5) is 5.69 Å². The zero-order chi connectivity index (χ0) is 21.7. The number of ketones is 1. The van der Waals surface area contributed by atoms with Gasteiger partial charge in [0.15, 0.2) is 5.78 Å². The van der Waals surface area contributed by atoms with Gasteiger partial charge < -0.3 is 5.32 Å². The Morgan fingerprint density at radius 3 is 2.39 bits per heavy atom. The number of benzene rings is 3. The Hall–Kier alpha value is -2.65. The van der Waals surface area contributed by atoms with Crippen LogP contribution in [-0.2, 0) is 11.3 Å². The number of carbonyl (C=O) groups is 1. The molecule has 3 nitrogen and oxygen atoms in total. The maximum Gasteiger partial charge on any atom is 0.158 e. The van der Waals surface area contributed by atoms with Gasteiger partial charge in [-0.05, 0) is 47.2 Å². The summed E-state index contributed by atoms with van der Waals surface area (Å²) in [7, 11) is 0. The van der Waals surface area contributed by atoms with E-state index in [0.29, 0.717) is 18.1 Å². The SMILES string of the molecule is CC[C@H](C)CC(=O)C1(Nc2ccccc2)CCN(Cc2cccc3ccccc23)CC1. The summed E-state index contributed by atoms with van der Waals surface area (Å²) in [5, 5.41) is 6.28. The van der Waals surface area contributed by atoms with E-state index in [1.54, 1.807) is 0 Å². The molecule has 1 fully saturated rings. The second kappa shape index (κ2) is 9.65. The zero-order valence-electron chi connectivity index (χ0n) is 18.8. The summed E-state index contributed by atoms with van der Waals surface area (Å²) in [5.41, 5.74) is 1.95. The minimum absolute atomic E-state index is 0.371. The van der Waals surface area contributed by atoms with E-state index >= 15 is 0 Å². The standard InChI is InChI=1S/C28H34N2O/c1-3-22(2)20-27(31)28(29-25-13-5-4-6-14-25)16-18-30(19-17-28)21-24-12-9-11-23-10-7-8-15-26(23)24/h4-15,22,29H,3,16-21H2,1-2H3/t22-/m0/s1. The Kier molecular flexibility index (Phi) is 6.72. The van der Waals surface area contributed by atoms with Crippen molar-refractivity contribution in [1.29, 1.82) is 0 Å². The number of rotatable bonds is 8. The van der Waals surface area contributed by atoms with Crippen molar-refractivity contribution < 1.29 is 4.79 Å². The first kappa shape index (κ1) is 21.6. The van der Waals surface area contributed by atoms with Crippen molar-refractivity contribution in [2.45, 2.75) is 51.6 Å². The quantitative estimate of drug-likeness (QED) is 0.470. The summed E-state index contributed by atoms with van der Waals surface area (Å²) < 4.78 is 0. The fourth-order valence-corrected chi connectivity index (χ4v) is 4.69. The Labute approximate surface area is 186 Å². The van der Waals surface area contributed by atoms with E-state index in [4.69, 9.17) is 0 Å². The van der Waals surface area contributed by atoms with Crippen LogP contribution in [0.25, 0.3) is 10.8 Å². The number of hydrogen-bond donors (Lipinski definition) is 1. The summed E-state index contributed by atoms with van der Waals surface area (Å²) in [5.74, 6) is 0.797. The molecule has 0 saturated carbocycles. The van der Waals surface area contributed by atoms with Crippen molar-refractivity contribution in [3.8, 4) is 0 Å². The van der Waals surface area contributed by atoms with Gasteiger partial charge in [-0.1, -0.05) is 80.9 Å². The third kappa shape index (κ3) is 4.99. The van der Waals surface area contributed by atoms with Crippen LogP contribution in [0.5, 0.6) is 0 Å². The highest BCUT2D eigenvalue weighted by molar-refractivity contribution is 5.91. The van der Waals surface area contributed by atoms with Crippen LogP contribution in [0.1, 0.15) is 45.1 Å². The largest absolute Gasteiger partial charge is 0.373 e. The van der Waals surface area contributed by atoms with Gasteiger partial charge in [-0.25, -0.2) is 0 Å². The lowest BCUT2D eigenvalue weighted by Crippen LogP contribution is -2.54. The number of para-hydroxylation sites is 1. The molecule has 0 bridgehead atoms. The van der Waals surface area contributed by atoms with Gasteiger partial charge in [0.05, 0.1) is 5.54 Å².